The van der Waals surface area contributed by atoms with Gasteiger partial charge >= 0.3 is 5.97 Å². The number of aromatic nitrogens is 2. The van der Waals surface area contributed by atoms with Crippen molar-refractivity contribution in [3.8, 4) is 0 Å². The van der Waals surface area contributed by atoms with Crippen molar-refractivity contribution in [3.63, 3.8) is 0 Å². The molecule has 0 spiro atoms. The lowest BCUT2D eigenvalue weighted by atomic mass is 9.79. The zero-order chi connectivity index (χ0) is 21.6. The van der Waals surface area contributed by atoms with Gasteiger partial charge in [-0.05, 0) is 19.8 Å². The number of amides is 1. The third-order valence-electron chi connectivity index (χ3n) is 6.37. The van der Waals surface area contributed by atoms with Crippen molar-refractivity contribution >= 4 is 36.0 Å². The fraction of sp³-hybridized carbons (Fsp3) is 0.650. The summed E-state index contributed by atoms with van der Waals surface area (Å²) in [6, 6.07) is 0.0511. The molecule has 0 aromatic carbocycles. The number of nitrogens with zero attached hydrogens (tertiary/aromatic N) is 3. The Hall–Kier alpha value is -1.59. The Morgan fingerprint density at radius 1 is 1.45 bits per heavy atom. The number of carboxylic acids is 1. The van der Waals surface area contributed by atoms with Crippen LogP contribution in [0.25, 0.3) is 0 Å². The summed E-state index contributed by atoms with van der Waals surface area (Å²) in [6.45, 7) is 5.05. The van der Waals surface area contributed by atoms with E-state index in [0.29, 0.717) is 11.7 Å². The summed E-state index contributed by atoms with van der Waals surface area (Å²) in [5.41, 5.74) is 0.749. The Bertz CT molecular complexity index is 876. The number of carbonyl (C=O) groups excluding carboxylic acids is 1. The Morgan fingerprint density at radius 3 is 2.81 bits per heavy atom. The standard InChI is InChI=1S/C20H28N4O5S.ClH/c1-10-16-15(11(2)26)19(27)24(16)17(20(28)29)18(10)30-14-5-12(21-6-14)3-4-23-7-13(8-25)22-9-23;/h7,9-12,14-16,21,25-26H,3-6,8H2,1-2H3,(H,28,29);1H/t10-,11-,12+,14+,15-,16-;/m1./s1. The van der Waals surface area contributed by atoms with Gasteiger partial charge in [-0.25, -0.2) is 9.78 Å². The number of aryl methyl sites for hydroxylation is 1. The van der Waals surface area contributed by atoms with Crippen LogP contribution in [-0.2, 0) is 22.7 Å². The molecule has 2 fully saturated rings. The molecule has 0 bridgehead atoms. The van der Waals surface area contributed by atoms with E-state index in [-0.39, 0.29) is 47.8 Å². The minimum atomic E-state index is -1.08. The molecular formula is C20H29ClN4O5S. The fourth-order valence-corrected chi connectivity index (χ4v) is 6.38. The topological polar surface area (TPSA) is 128 Å². The maximum absolute atomic E-state index is 12.4. The van der Waals surface area contributed by atoms with Gasteiger partial charge in [-0.2, -0.15) is 0 Å². The number of nitrogens with one attached hydrogen (secondary N) is 1. The Balaban J connectivity index is 0.00000272. The van der Waals surface area contributed by atoms with Gasteiger partial charge in [-0.1, -0.05) is 6.92 Å². The van der Waals surface area contributed by atoms with Gasteiger partial charge in [0.1, 0.15) is 5.70 Å². The molecule has 2 saturated heterocycles. The molecule has 6 atom stereocenters. The Kier molecular flexibility index (Phi) is 7.37. The summed E-state index contributed by atoms with van der Waals surface area (Å²) in [6.07, 6.45) is 4.60. The van der Waals surface area contributed by atoms with E-state index >= 15 is 0 Å². The average molecular weight is 473 g/mol. The number of aliphatic hydroxyl groups excluding tert-OH is 2. The van der Waals surface area contributed by atoms with E-state index in [9.17, 15) is 19.8 Å². The lowest BCUT2D eigenvalue weighted by molar-refractivity contribution is -0.163. The number of rotatable bonds is 8. The number of fused-ring (bicyclic) bond motifs is 1. The highest BCUT2D eigenvalue weighted by molar-refractivity contribution is 8.03. The van der Waals surface area contributed by atoms with Crippen LogP contribution < -0.4 is 5.32 Å². The third-order valence-corrected chi connectivity index (χ3v) is 7.88. The average Bonchev–Trinajstić information content (AvgIpc) is 3.39. The molecule has 31 heavy (non-hydrogen) atoms. The van der Waals surface area contributed by atoms with Crippen LogP contribution in [0.4, 0.5) is 0 Å². The van der Waals surface area contributed by atoms with E-state index in [1.807, 2.05) is 17.7 Å². The molecule has 0 radical (unpaired) electrons. The van der Waals surface area contributed by atoms with Crippen molar-refractivity contribution < 1.29 is 24.9 Å². The van der Waals surface area contributed by atoms with E-state index in [1.165, 1.54) is 4.90 Å². The molecule has 1 amide bonds. The maximum atomic E-state index is 12.4. The second-order valence-electron chi connectivity index (χ2n) is 8.40. The first kappa shape index (κ1) is 24.1. The number of carboxylic acid groups (broad SMARTS) is 1. The van der Waals surface area contributed by atoms with Crippen LogP contribution >= 0.6 is 24.2 Å². The summed E-state index contributed by atoms with van der Waals surface area (Å²) < 4.78 is 1.96. The smallest absolute Gasteiger partial charge is 0.353 e. The molecule has 0 unspecified atom stereocenters. The van der Waals surface area contributed by atoms with Gasteiger partial charge in [0.25, 0.3) is 0 Å². The number of imidazole rings is 1. The van der Waals surface area contributed by atoms with Crippen molar-refractivity contribution in [2.24, 2.45) is 11.8 Å². The van der Waals surface area contributed by atoms with Gasteiger partial charge in [0.15, 0.2) is 0 Å². The zero-order valence-corrected chi connectivity index (χ0v) is 19.1. The van der Waals surface area contributed by atoms with Gasteiger partial charge in [-0.3, -0.25) is 4.79 Å². The van der Waals surface area contributed by atoms with E-state index in [1.54, 1.807) is 25.0 Å². The highest BCUT2D eigenvalue weighted by Crippen LogP contribution is 2.51. The van der Waals surface area contributed by atoms with Crippen LogP contribution in [0, 0.1) is 11.8 Å². The number of hydrogen-bond acceptors (Lipinski definition) is 7. The van der Waals surface area contributed by atoms with Crippen LogP contribution in [0.3, 0.4) is 0 Å². The Labute approximate surface area is 191 Å². The molecule has 4 heterocycles. The number of aliphatic carboxylic acids is 1. The molecule has 0 aliphatic carbocycles. The van der Waals surface area contributed by atoms with Crippen molar-refractivity contribution in [2.45, 2.75) is 63.3 Å². The highest BCUT2D eigenvalue weighted by atomic mass is 35.5. The summed E-state index contributed by atoms with van der Waals surface area (Å²) in [5, 5.41) is 32.6. The quantitative estimate of drug-likeness (QED) is 0.409. The van der Waals surface area contributed by atoms with Crippen LogP contribution in [0.5, 0.6) is 0 Å². The van der Waals surface area contributed by atoms with Crippen LogP contribution in [0.15, 0.2) is 23.1 Å². The number of aliphatic hydroxyl groups is 2. The molecule has 11 heteroatoms. The molecule has 1 aromatic rings. The van der Waals surface area contributed by atoms with E-state index < -0.39 is 18.0 Å². The number of hydrogen-bond donors (Lipinski definition) is 4. The zero-order valence-electron chi connectivity index (χ0n) is 17.5. The SMILES string of the molecule is C[C@@H](O)[C@H]1C(=O)N2C(C(=O)O)=C(S[C@@H]3CN[C@@H](CCn4cnc(CO)c4)C3)[C@H](C)[C@H]12.Cl. The predicted octanol–water partition coefficient (Wildman–Crippen LogP) is 0.805. The second-order valence-corrected chi connectivity index (χ2v) is 9.74. The first-order valence-electron chi connectivity index (χ1n) is 10.3. The number of β-lactam (4-membered cyclic amide) rings is 1. The van der Waals surface area contributed by atoms with E-state index in [2.05, 4.69) is 10.3 Å². The summed E-state index contributed by atoms with van der Waals surface area (Å²) in [7, 11) is 0. The third kappa shape index (κ3) is 4.36. The predicted molar refractivity (Wildman–Crippen MR) is 117 cm³/mol. The van der Waals surface area contributed by atoms with Gasteiger partial charge in [0.05, 0.1) is 36.7 Å². The maximum Gasteiger partial charge on any atom is 0.353 e. The summed E-state index contributed by atoms with van der Waals surface area (Å²) in [4.78, 5) is 30.6. The molecular weight excluding hydrogens is 444 g/mol. The normalized spacial score (nSPS) is 30.8. The van der Waals surface area contributed by atoms with E-state index in [4.69, 9.17) is 5.11 Å². The van der Waals surface area contributed by atoms with Crippen molar-refractivity contribution in [1.82, 2.24) is 19.8 Å². The van der Waals surface area contributed by atoms with Crippen LogP contribution in [-0.4, -0.2) is 71.6 Å². The molecule has 3 aliphatic rings. The second kappa shape index (κ2) is 9.50. The van der Waals surface area contributed by atoms with Crippen LogP contribution in [0.2, 0.25) is 0 Å². The molecule has 4 N–H and O–H groups in total. The van der Waals surface area contributed by atoms with Crippen molar-refractivity contribution in [2.75, 3.05) is 6.54 Å². The summed E-state index contributed by atoms with van der Waals surface area (Å²) in [5.74, 6) is -1.99. The first-order chi connectivity index (χ1) is 14.3. The molecule has 0 saturated carbocycles. The van der Waals surface area contributed by atoms with Crippen molar-refractivity contribution in [3.05, 3.63) is 28.8 Å². The molecule has 9 nitrogen and oxygen atoms in total. The minimum absolute atomic E-state index is 0. The van der Waals surface area contributed by atoms with Gasteiger partial charge in [0, 0.05) is 41.4 Å². The van der Waals surface area contributed by atoms with Gasteiger partial charge in [0.2, 0.25) is 5.91 Å². The minimum Gasteiger partial charge on any atom is -0.477 e. The molecule has 172 valence electrons. The molecule has 4 rings (SSSR count). The largest absolute Gasteiger partial charge is 0.477 e. The highest BCUT2D eigenvalue weighted by Gasteiger charge is 2.60. The number of halogens is 1. The number of thioether (sulfide) groups is 1. The fourth-order valence-electron chi connectivity index (χ4n) is 4.87. The van der Waals surface area contributed by atoms with Gasteiger partial charge in [-0.15, -0.1) is 24.2 Å². The van der Waals surface area contributed by atoms with E-state index in [0.717, 1.165) is 30.8 Å². The molecule has 3 aliphatic heterocycles. The lowest BCUT2D eigenvalue weighted by Crippen LogP contribution is -2.63. The van der Waals surface area contributed by atoms with Crippen molar-refractivity contribution in [1.29, 1.82) is 0 Å². The summed E-state index contributed by atoms with van der Waals surface area (Å²) >= 11 is 1.56. The monoisotopic (exact) mass is 472 g/mol. The number of carbonyl (C=O) groups is 2. The van der Waals surface area contributed by atoms with Crippen LogP contribution in [0.1, 0.15) is 32.4 Å². The first-order valence-corrected chi connectivity index (χ1v) is 11.2. The molecule has 1 aromatic heterocycles. The van der Waals surface area contributed by atoms with Gasteiger partial charge < -0.3 is 30.1 Å². The Morgan fingerprint density at radius 2 is 2.19 bits per heavy atom. The lowest BCUT2D eigenvalue weighted by Gasteiger charge is -2.46.